The summed E-state index contributed by atoms with van der Waals surface area (Å²) in [4.78, 5) is 15.3. The van der Waals surface area contributed by atoms with E-state index in [-0.39, 0.29) is 12.2 Å². The molecule has 0 bridgehead atoms. The molecule has 1 N–H and O–H groups in total. The van der Waals surface area contributed by atoms with Gasteiger partial charge in [0.15, 0.2) is 0 Å². The Balaban J connectivity index is 2.85. The first-order valence-electron chi connectivity index (χ1n) is 7.66. The Bertz CT molecular complexity index is 879. The number of alkyl halides is 3. The largest absolute Gasteiger partial charge is 0.407 e. The summed E-state index contributed by atoms with van der Waals surface area (Å²) >= 11 is 0. The van der Waals surface area contributed by atoms with Gasteiger partial charge in [0.1, 0.15) is 0 Å². The molecule has 0 spiro atoms. The zero-order valence-corrected chi connectivity index (χ0v) is 13.8. The van der Waals surface area contributed by atoms with E-state index in [1.165, 1.54) is 0 Å². The van der Waals surface area contributed by atoms with Crippen molar-refractivity contribution in [2.45, 2.75) is 39.1 Å². The molecule has 1 aromatic heterocycles. The third-order valence-corrected chi connectivity index (χ3v) is 3.87. The Kier molecular flexibility index (Phi) is 5.33. The summed E-state index contributed by atoms with van der Waals surface area (Å²) in [5, 5.41) is 9.90. The topological polar surface area (TPSA) is 46.6 Å². The van der Waals surface area contributed by atoms with Crippen LogP contribution in [0.2, 0.25) is 0 Å². The first-order chi connectivity index (χ1) is 11.7. The monoisotopic (exact) mass is 350 g/mol. The number of hydrogen-bond donors (Lipinski definition) is 1. The van der Waals surface area contributed by atoms with Crippen LogP contribution < -0.4 is 5.56 Å². The summed E-state index contributed by atoms with van der Waals surface area (Å²) in [5.41, 5.74) is -2.02. The molecule has 4 nitrogen and oxygen atoms in total. The van der Waals surface area contributed by atoms with Crippen molar-refractivity contribution in [3.05, 3.63) is 63.2 Å². The van der Waals surface area contributed by atoms with Gasteiger partial charge in [0, 0.05) is 5.69 Å². The van der Waals surface area contributed by atoms with Crippen molar-refractivity contribution in [2.24, 2.45) is 0 Å². The van der Waals surface area contributed by atoms with Crippen LogP contribution in [-0.2, 0) is 12.7 Å². The SMILES string of the molecule is [C-]#[N+]c1c(C(F)(F)F)cc(-c2cccc(C)c2)n(CC(O)CC)c1=O. The summed E-state index contributed by atoms with van der Waals surface area (Å²) in [7, 11) is 0. The Hall–Kier alpha value is -2.59. The summed E-state index contributed by atoms with van der Waals surface area (Å²) in [6, 6.07) is 7.51. The van der Waals surface area contributed by atoms with Crippen molar-refractivity contribution >= 4 is 5.69 Å². The summed E-state index contributed by atoms with van der Waals surface area (Å²) in [5.74, 6) is 0. The van der Waals surface area contributed by atoms with Gasteiger partial charge in [-0.15, -0.1) is 0 Å². The Labute approximate surface area is 143 Å². The normalized spacial score (nSPS) is 12.7. The molecule has 7 heteroatoms. The van der Waals surface area contributed by atoms with Gasteiger partial charge in [0.05, 0.1) is 24.8 Å². The second kappa shape index (κ2) is 7.11. The summed E-state index contributed by atoms with van der Waals surface area (Å²) in [6.07, 6.45) is -5.40. The molecule has 0 saturated heterocycles. The Morgan fingerprint density at radius 3 is 2.52 bits per heavy atom. The van der Waals surface area contributed by atoms with Gasteiger partial charge in [-0.05, 0) is 31.0 Å². The van der Waals surface area contributed by atoms with E-state index < -0.39 is 29.1 Å². The van der Waals surface area contributed by atoms with Gasteiger partial charge in [-0.1, -0.05) is 30.7 Å². The lowest BCUT2D eigenvalue weighted by Gasteiger charge is -2.19. The average molecular weight is 350 g/mol. The molecule has 1 heterocycles. The standard InChI is InChI=1S/C18H17F3N2O2/c1-4-13(24)10-23-15(12-7-5-6-11(2)8-12)9-14(18(19,20)21)16(22-3)17(23)25/h5-9,13,24H,4,10H2,1-2H3. The molecule has 1 aromatic carbocycles. The summed E-state index contributed by atoms with van der Waals surface area (Å²) in [6.45, 7) is 10.3. The molecule has 1 unspecified atom stereocenters. The zero-order valence-electron chi connectivity index (χ0n) is 13.8. The molecule has 0 aliphatic rings. The lowest BCUT2D eigenvalue weighted by atomic mass is 10.0. The van der Waals surface area contributed by atoms with E-state index in [0.717, 1.165) is 16.2 Å². The molecule has 0 amide bonds. The van der Waals surface area contributed by atoms with Crippen molar-refractivity contribution in [3.63, 3.8) is 0 Å². The van der Waals surface area contributed by atoms with Crippen LogP contribution in [-0.4, -0.2) is 15.8 Å². The summed E-state index contributed by atoms with van der Waals surface area (Å²) < 4.78 is 41.0. The van der Waals surface area contributed by atoms with Gasteiger partial charge in [0.25, 0.3) is 11.2 Å². The minimum absolute atomic E-state index is 0.0286. The number of nitrogens with zero attached hydrogens (tertiary/aromatic N) is 2. The lowest BCUT2D eigenvalue weighted by molar-refractivity contribution is -0.136. The fourth-order valence-electron chi connectivity index (χ4n) is 2.52. The van der Waals surface area contributed by atoms with Gasteiger partial charge >= 0.3 is 6.18 Å². The van der Waals surface area contributed by atoms with E-state index >= 15 is 0 Å². The van der Waals surface area contributed by atoms with Crippen molar-refractivity contribution in [1.82, 2.24) is 4.57 Å². The van der Waals surface area contributed by atoms with E-state index in [9.17, 15) is 23.1 Å². The first-order valence-corrected chi connectivity index (χ1v) is 7.66. The highest BCUT2D eigenvalue weighted by Gasteiger charge is 2.36. The number of aliphatic hydroxyl groups is 1. The molecule has 25 heavy (non-hydrogen) atoms. The number of pyridine rings is 1. The molecular formula is C18H17F3N2O2. The van der Waals surface area contributed by atoms with Crippen molar-refractivity contribution in [1.29, 1.82) is 0 Å². The third-order valence-electron chi connectivity index (χ3n) is 3.87. The van der Waals surface area contributed by atoms with E-state index in [1.807, 2.05) is 0 Å². The third kappa shape index (κ3) is 3.91. The number of aliphatic hydroxyl groups excluding tert-OH is 1. The van der Waals surface area contributed by atoms with Crippen LogP contribution in [0.25, 0.3) is 16.1 Å². The predicted octanol–water partition coefficient (Wildman–Crippen LogP) is 4.16. The number of halogens is 3. The lowest BCUT2D eigenvalue weighted by Crippen LogP contribution is -2.29. The molecule has 0 aliphatic carbocycles. The van der Waals surface area contributed by atoms with Crippen molar-refractivity contribution in [2.75, 3.05) is 0 Å². The van der Waals surface area contributed by atoms with Crippen LogP contribution in [0, 0.1) is 13.5 Å². The van der Waals surface area contributed by atoms with E-state index in [2.05, 4.69) is 4.85 Å². The Morgan fingerprint density at radius 2 is 2.00 bits per heavy atom. The number of hydrogen-bond acceptors (Lipinski definition) is 2. The Morgan fingerprint density at radius 1 is 1.32 bits per heavy atom. The minimum atomic E-state index is -4.82. The molecular weight excluding hydrogens is 333 g/mol. The fraction of sp³-hybridized carbons (Fsp3) is 0.333. The quantitative estimate of drug-likeness (QED) is 0.842. The van der Waals surface area contributed by atoms with Crippen molar-refractivity contribution < 1.29 is 18.3 Å². The van der Waals surface area contributed by atoms with E-state index in [1.54, 1.807) is 38.1 Å². The highest BCUT2D eigenvalue weighted by Crippen LogP contribution is 2.37. The maximum atomic E-state index is 13.3. The fourth-order valence-corrected chi connectivity index (χ4v) is 2.52. The maximum absolute atomic E-state index is 13.3. The van der Waals surface area contributed by atoms with Gasteiger partial charge in [0.2, 0.25) is 0 Å². The highest BCUT2D eigenvalue weighted by molar-refractivity contribution is 5.66. The molecule has 1 atom stereocenters. The predicted molar refractivity (Wildman–Crippen MR) is 88.4 cm³/mol. The second-order valence-electron chi connectivity index (χ2n) is 5.75. The number of rotatable bonds is 4. The van der Waals surface area contributed by atoms with Crippen molar-refractivity contribution in [3.8, 4) is 11.3 Å². The smallest absolute Gasteiger partial charge is 0.391 e. The molecule has 0 saturated carbocycles. The van der Waals surface area contributed by atoms with Crippen LogP contribution >= 0.6 is 0 Å². The van der Waals surface area contributed by atoms with Crippen LogP contribution in [0.5, 0.6) is 0 Å². The number of aryl methyl sites for hydroxylation is 1. The first kappa shape index (κ1) is 18.7. The molecule has 0 radical (unpaired) electrons. The van der Waals surface area contributed by atoms with Gasteiger partial charge in [-0.25, -0.2) is 4.85 Å². The molecule has 2 aromatic rings. The zero-order chi connectivity index (χ0) is 18.8. The van der Waals surface area contributed by atoms with Gasteiger partial charge < -0.3 is 9.67 Å². The maximum Gasteiger partial charge on any atom is 0.407 e. The van der Waals surface area contributed by atoms with Crippen LogP contribution in [0.4, 0.5) is 18.9 Å². The van der Waals surface area contributed by atoms with Crippen LogP contribution in [0.3, 0.4) is 0 Å². The van der Waals surface area contributed by atoms with E-state index in [0.29, 0.717) is 12.0 Å². The minimum Gasteiger partial charge on any atom is -0.391 e. The highest BCUT2D eigenvalue weighted by atomic mass is 19.4. The van der Waals surface area contributed by atoms with Gasteiger partial charge in [-0.2, -0.15) is 13.2 Å². The van der Waals surface area contributed by atoms with Gasteiger partial charge in [-0.3, -0.25) is 4.79 Å². The number of aromatic nitrogens is 1. The molecule has 0 fully saturated rings. The van der Waals surface area contributed by atoms with E-state index in [4.69, 9.17) is 6.57 Å². The second-order valence-corrected chi connectivity index (χ2v) is 5.75. The molecule has 132 valence electrons. The molecule has 0 aliphatic heterocycles. The average Bonchev–Trinajstić information content (AvgIpc) is 2.55. The van der Waals surface area contributed by atoms with Crippen LogP contribution in [0.1, 0.15) is 24.5 Å². The molecule has 2 rings (SSSR count). The van der Waals surface area contributed by atoms with Crippen LogP contribution in [0.15, 0.2) is 35.1 Å². The number of benzene rings is 1.